The molecule has 2 aliphatic carbocycles. The van der Waals surface area contributed by atoms with Gasteiger partial charge < -0.3 is 10.2 Å². The third-order valence-corrected chi connectivity index (χ3v) is 5.36. The second kappa shape index (κ2) is 4.27. The van der Waals surface area contributed by atoms with Gasteiger partial charge in [0.15, 0.2) is 0 Å². The lowest BCUT2D eigenvalue weighted by molar-refractivity contribution is -0.158. The summed E-state index contributed by atoms with van der Waals surface area (Å²) < 4.78 is 0. The first kappa shape index (κ1) is 12.9. The van der Waals surface area contributed by atoms with Crippen LogP contribution >= 0.6 is 0 Å². The van der Waals surface area contributed by atoms with Gasteiger partial charge in [-0.15, -0.1) is 0 Å². The first-order valence-corrected chi connectivity index (χ1v) is 6.91. The summed E-state index contributed by atoms with van der Waals surface area (Å²) >= 11 is 0. The lowest BCUT2D eigenvalue weighted by Crippen LogP contribution is -2.44. The molecular formula is C14H24O3. The van der Waals surface area contributed by atoms with Crippen molar-refractivity contribution in [2.45, 2.75) is 64.4 Å². The van der Waals surface area contributed by atoms with Crippen LogP contribution in [0, 0.1) is 17.3 Å². The quantitative estimate of drug-likeness (QED) is 0.777. The predicted octanol–water partition coefficient (Wildman–Crippen LogP) is 2.82. The summed E-state index contributed by atoms with van der Waals surface area (Å²) in [5, 5.41) is 20.1. The van der Waals surface area contributed by atoms with Crippen LogP contribution in [0.5, 0.6) is 0 Å². The summed E-state index contributed by atoms with van der Waals surface area (Å²) in [6, 6.07) is 0. The van der Waals surface area contributed by atoms with E-state index >= 15 is 0 Å². The van der Waals surface area contributed by atoms with E-state index < -0.39 is 17.0 Å². The van der Waals surface area contributed by atoms with Crippen molar-refractivity contribution in [2.24, 2.45) is 17.3 Å². The maximum Gasteiger partial charge on any atom is 0.310 e. The number of hydrogen-bond donors (Lipinski definition) is 2. The van der Waals surface area contributed by atoms with Crippen LogP contribution in [0.1, 0.15) is 58.8 Å². The van der Waals surface area contributed by atoms with E-state index in [0.717, 1.165) is 19.3 Å². The minimum Gasteiger partial charge on any atom is -0.481 e. The number of aliphatic carboxylic acids is 1. The van der Waals surface area contributed by atoms with Crippen LogP contribution < -0.4 is 0 Å². The van der Waals surface area contributed by atoms with Crippen molar-refractivity contribution >= 4 is 5.97 Å². The molecule has 0 saturated heterocycles. The smallest absolute Gasteiger partial charge is 0.310 e. The molecule has 3 nitrogen and oxygen atoms in total. The standard InChI is InChI=1S/C14H24O3/c1-3-13(17,4-2)9-14(12(15)16)8-10-5-6-11(14)7-10/h10-11,17H,3-9H2,1-2H3,(H,15,16). The molecule has 3 unspecified atom stereocenters. The number of carboxylic acids is 1. The number of aliphatic hydroxyl groups is 1. The molecule has 98 valence electrons. The van der Waals surface area contributed by atoms with Gasteiger partial charge >= 0.3 is 5.97 Å². The van der Waals surface area contributed by atoms with Crippen molar-refractivity contribution in [3.8, 4) is 0 Å². The molecule has 2 aliphatic rings. The fraction of sp³-hybridized carbons (Fsp3) is 0.929. The van der Waals surface area contributed by atoms with E-state index in [2.05, 4.69) is 0 Å². The number of carbonyl (C=O) groups is 1. The SMILES string of the molecule is CCC(O)(CC)CC1(C(=O)O)CC2CCC1C2. The Kier molecular flexibility index (Phi) is 3.23. The number of hydrogen-bond acceptors (Lipinski definition) is 2. The molecule has 3 heteroatoms. The van der Waals surface area contributed by atoms with Crippen molar-refractivity contribution in [1.82, 2.24) is 0 Å². The van der Waals surface area contributed by atoms with Crippen LogP contribution in [0.4, 0.5) is 0 Å². The molecule has 2 saturated carbocycles. The van der Waals surface area contributed by atoms with E-state index in [1.807, 2.05) is 13.8 Å². The summed E-state index contributed by atoms with van der Waals surface area (Å²) in [6.07, 6.45) is 5.83. The normalized spacial score (nSPS) is 36.4. The fourth-order valence-electron chi connectivity index (χ4n) is 4.09. The van der Waals surface area contributed by atoms with E-state index in [4.69, 9.17) is 0 Å². The molecule has 2 fully saturated rings. The van der Waals surface area contributed by atoms with Crippen molar-refractivity contribution < 1.29 is 15.0 Å². The van der Waals surface area contributed by atoms with Gasteiger partial charge in [-0.3, -0.25) is 4.79 Å². The highest BCUT2D eigenvalue weighted by atomic mass is 16.4. The first-order valence-electron chi connectivity index (χ1n) is 6.91. The largest absolute Gasteiger partial charge is 0.481 e. The first-order chi connectivity index (χ1) is 7.96. The molecule has 2 bridgehead atoms. The minimum absolute atomic E-state index is 0.301. The highest BCUT2D eigenvalue weighted by molar-refractivity contribution is 5.76. The lowest BCUT2D eigenvalue weighted by Gasteiger charge is -2.40. The Morgan fingerprint density at radius 2 is 2.00 bits per heavy atom. The molecule has 0 aromatic heterocycles. The summed E-state index contributed by atoms with van der Waals surface area (Å²) in [7, 11) is 0. The average Bonchev–Trinajstić information content (AvgIpc) is 2.89. The Balaban J connectivity index is 2.22. The van der Waals surface area contributed by atoms with Crippen molar-refractivity contribution in [3.63, 3.8) is 0 Å². The van der Waals surface area contributed by atoms with Crippen molar-refractivity contribution in [1.29, 1.82) is 0 Å². The van der Waals surface area contributed by atoms with Gasteiger partial charge in [-0.05, 0) is 50.4 Å². The van der Waals surface area contributed by atoms with Gasteiger partial charge in [-0.1, -0.05) is 20.3 Å². The monoisotopic (exact) mass is 240 g/mol. The maximum absolute atomic E-state index is 11.7. The summed E-state index contributed by atoms with van der Waals surface area (Å²) in [5.41, 5.74) is -1.42. The van der Waals surface area contributed by atoms with Crippen LogP contribution in [0.15, 0.2) is 0 Å². The van der Waals surface area contributed by atoms with Crippen LogP contribution in [0.25, 0.3) is 0 Å². The van der Waals surface area contributed by atoms with Crippen molar-refractivity contribution in [2.75, 3.05) is 0 Å². The van der Waals surface area contributed by atoms with Gasteiger partial charge in [0.2, 0.25) is 0 Å². The molecule has 0 aromatic rings. The fourth-order valence-corrected chi connectivity index (χ4v) is 4.09. The van der Waals surface area contributed by atoms with Gasteiger partial charge in [0.05, 0.1) is 11.0 Å². The highest BCUT2D eigenvalue weighted by Gasteiger charge is 2.57. The average molecular weight is 240 g/mol. The molecule has 3 atom stereocenters. The molecule has 0 radical (unpaired) electrons. The molecule has 0 heterocycles. The third-order valence-electron chi connectivity index (χ3n) is 5.36. The summed E-state index contributed by atoms with van der Waals surface area (Å²) in [6.45, 7) is 3.90. The third kappa shape index (κ3) is 1.99. The van der Waals surface area contributed by atoms with Crippen LogP contribution in [-0.2, 0) is 4.79 Å². The molecule has 0 aliphatic heterocycles. The van der Waals surface area contributed by atoms with E-state index in [1.165, 1.54) is 6.42 Å². The van der Waals surface area contributed by atoms with E-state index in [0.29, 0.717) is 31.1 Å². The lowest BCUT2D eigenvalue weighted by atomic mass is 9.66. The Morgan fingerprint density at radius 1 is 1.35 bits per heavy atom. The Morgan fingerprint density at radius 3 is 2.35 bits per heavy atom. The molecule has 2 rings (SSSR count). The number of fused-ring (bicyclic) bond motifs is 2. The Hall–Kier alpha value is -0.570. The number of carboxylic acid groups (broad SMARTS) is 1. The topological polar surface area (TPSA) is 57.5 Å². The molecular weight excluding hydrogens is 216 g/mol. The second-order valence-corrected chi connectivity index (χ2v) is 6.15. The maximum atomic E-state index is 11.7. The Labute approximate surface area is 103 Å². The molecule has 0 spiro atoms. The zero-order chi connectivity index (χ0) is 12.7. The van der Waals surface area contributed by atoms with Crippen LogP contribution in [0.3, 0.4) is 0 Å². The Bertz CT molecular complexity index is 309. The molecule has 2 N–H and O–H groups in total. The van der Waals surface area contributed by atoms with E-state index in [9.17, 15) is 15.0 Å². The second-order valence-electron chi connectivity index (χ2n) is 6.15. The van der Waals surface area contributed by atoms with E-state index in [-0.39, 0.29) is 0 Å². The summed E-state index contributed by atoms with van der Waals surface area (Å²) in [4.78, 5) is 11.7. The summed E-state index contributed by atoms with van der Waals surface area (Å²) in [5.74, 6) is 0.216. The zero-order valence-corrected chi connectivity index (χ0v) is 10.9. The molecule has 17 heavy (non-hydrogen) atoms. The van der Waals surface area contributed by atoms with E-state index in [1.54, 1.807) is 0 Å². The highest BCUT2D eigenvalue weighted by Crippen LogP contribution is 2.59. The van der Waals surface area contributed by atoms with Gasteiger partial charge in [0.25, 0.3) is 0 Å². The van der Waals surface area contributed by atoms with Gasteiger partial charge in [0.1, 0.15) is 0 Å². The van der Waals surface area contributed by atoms with Crippen LogP contribution in [0.2, 0.25) is 0 Å². The molecule has 0 aromatic carbocycles. The van der Waals surface area contributed by atoms with Gasteiger partial charge in [-0.2, -0.15) is 0 Å². The van der Waals surface area contributed by atoms with Crippen molar-refractivity contribution in [3.05, 3.63) is 0 Å². The zero-order valence-electron chi connectivity index (χ0n) is 10.9. The van der Waals surface area contributed by atoms with Gasteiger partial charge in [-0.25, -0.2) is 0 Å². The molecule has 0 amide bonds. The minimum atomic E-state index is -0.789. The number of rotatable bonds is 5. The van der Waals surface area contributed by atoms with Crippen LogP contribution in [-0.4, -0.2) is 21.8 Å². The predicted molar refractivity (Wildman–Crippen MR) is 65.7 cm³/mol. The van der Waals surface area contributed by atoms with Gasteiger partial charge in [0, 0.05) is 0 Å².